The predicted octanol–water partition coefficient (Wildman–Crippen LogP) is 12.6. The number of aromatic nitrogens is 3. The third kappa shape index (κ3) is 5.65. The van der Waals surface area contributed by atoms with E-state index in [2.05, 4.69) is 182 Å². The molecule has 0 bridgehead atoms. The van der Waals surface area contributed by atoms with E-state index in [-0.39, 0.29) is 0 Å². The van der Waals surface area contributed by atoms with Gasteiger partial charge in [-0.2, -0.15) is 0 Å². The largest absolute Gasteiger partial charge is 0.256 e. The summed E-state index contributed by atoms with van der Waals surface area (Å²) in [6.07, 6.45) is 1.92. The second kappa shape index (κ2) is 13.6. The van der Waals surface area contributed by atoms with Crippen LogP contribution in [0.4, 0.5) is 0 Å². The van der Waals surface area contributed by atoms with Crippen molar-refractivity contribution >= 4 is 0 Å². The third-order valence-corrected chi connectivity index (χ3v) is 10.8. The summed E-state index contributed by atoms with van der Waals surface area (Å²) in [4.78, 5) is 15.4. The topological polar surface area (TPSA) is 38.7 Å². The van der Waals surface area contributed by atoms with Crippen molar-refractivity contribution in [1.82, 2.24) is 15.0 Å². The van der Waals surface area contributed by atoms with Crippen LogP contribution in [-0.4, -0.2) is 15.0 Å². The molecule has 2 heterocycles. The SMILES string of the molecule is c1ccc(-c2cccc(-c3nc(-c4ccc(-c5ccccc5)nc4)cc(-c4ccc5c(c4)-c4ccccc4C5(c4ccccc4)c4ccccc4)n3)c2)cc1. The first-order valence-electron chi connectivity index (χ1n) is 18.7. The number of pyridine rings is 1. The summed E-state index contributed by atoms with van der Waals surface area (Å²) >= 11 is 0. The minimum absolute atomic E-state index is 0.459. The van der Waals surface area contributed by atoms with Crippen molar-refractivity contribution in [2.45, 2.75) is 5.41 Å². The van der Waals surface area contributed by atoms with Crippen molar-refractivity contribution in [2.24, 2.45) is 0 Å². The Hall–Kier alpha value is -7.23. The fourth-order valence-corrected chi connectivity index (χ4v) is 8.27. The molecule has 0 spiro atoms. The van der Waals surface area contributed by atoms with E-state index in [4.69, 9.17) is 15.0 Å². The van der Waals surface area contributed by atoms with Crippen LogP contribution in [0.5, 0.6) is 0 Å². The van der Waals surface area contributed by atoms with Crippen molar-refractivity contribution < 1.29 is 0 Å². The molecule has 0 aliphatic heterocycles. The Morgan fingerprint density at radius 3 is 1.53 bits per heavy atom. The fourth-order valence-electron chi connectivity index (χ4n) is 8.27. The van der Waals surface area contributed by atoms with E-state index in [9.17, 15) is 0 Å². The van der Waals surface area contributed by atoms with Gasteiger partial charge in [-0.25, -0.2) is 9.97 Å². The summed E-state index contributed by atoms with van der Waals surface area (Å²) in [5.74, 6) is 0.668. The summed E-state index contributed by atoms with van der Waals surface area (Å²) in [7, 11) is 0. The number of fused-ring (bicyclic) bond motifs is 3. The Labute approximate surface area is 321 Å². The molecule has 9 aromatic rings. The maximum Gasteiger partial charge on any atom is 0.160 e. The van der Waals surface area contributed by atoms with Crippen molar-refractivity contribution in [2.75, 3.05) is 0 Å². The lowest BCUT2D eigenvalue weighted by Crippen LogP contribution is -2.28. The molecular formula is C52H35N3. The molecule has 0 amide bonds. The molecule has 55 heavy (non-hydrogen) atoms. The minimum atomic E-state index is -0.459. The first-order valence-corrected chi connectivity index (χ1v) is 18.7. The van der Waals surface area contributed by atoms with E-state index in [1.807, 2.05) is 30.5 Å². The van der Waals surface area contributed by atoms with E-state index in [0.29, 0.717) is 5.82 Å². The Morgan fingerprint density at radius 2 is 0.855 bits per heavy atom. The highest BCUT2D eigenvalue weighted by molar-refractivity contribution is 5.89. The van der Waals surface area contributed by atoms with Crippen LogP contribution in [0.1, 0.15) is 22.3 Å². The maximum atomic E-state index is 5.30. The monoisotopic (exact) mass is 701 g/mol. The van der Waals surface area contributed by atoms with Crippen molar-refractivity contribution in [3.05, 3.63) is 235 Å². The molecule has 7 aromatic carbocycles. The van der Waals surface area contributed by atoms with E-state index < -0.39 is 5.41 Å². The normalized spacial score (nSPS) is 12.5. The van der Waals surface area contributed by atoms with Crippen molar-refractivity contribution in [1.29, 1.82) is 0 Å². The van der Waals surface area contributed by atoms with Crippen molar-refractivity contribution in [3.8, 4) is 67.4 Å². The van der Waals surface area contributed by atoms with Crippen LogP contribution in [-0.2, 0) is 5.41 Å². The molecule has 0 radical (unpaired) electrons. The molecule has 0 fully saturated rings. The highest BCUT2D eigenvalue weighted by Gasteiger charge is 2.46. The molecule has 0 atom stereocenters. The van der Waals surface area contributed by atoms with Gasteiger partial charge in [-0.05, 0) is 74.8 Å². The standard InChI is InChI=1S/C52H35N3/c1-5-16-36(17-6-1)38-20-15-21-40(32-38)51-54-49(34-50(55-51)41-29-31-48(53-35-41)37-18-7-2-8-19-37)39-28-30-47-45(33-39)44-26-13-14-27-46(44)52(47,42-22-9-3-10-23-42)43-24-11-4-12-25-43/h1-35H. The second-order valence-electron chi connectivity index (χ2n) is 14.0. The zero-order chi connectivity index (χ0) is 36.6. The molecule has 1 aliphatic rings. The smallest absolute Gasteiger partial charge is 0.160 e. The molecule has 258 valence electrons. The molecule has 3 nitrogen and oxygen atoms in total. The first-order chi connectivity index (χ1) is 27.3. The minimum Gasteiger partial charge on any atom is -0.256 e. The molecule has 0 saturated carbocycles. The van der Waals surface area contributed by atoms with Gasteiger partial charge in [0.05, 0.1) is 22.5 Å². The summed E-state index contributed by atoms with van der Waals surface area (Å²) in [5.41, 5.74) is 15.9. The van der Waals surface area contributed by atoms with Gasteiger partial charge in [0.1, 0.15) is 0 Å². The van der Waals surface area contributed by atoms with Gasteiger partial charge in [0, 0.05) is 28.5 Å². The number of hydrogen-bond acceptors (Lipinski definition) is 3. The number of hydrogen-bond donors (Lipinski definition) is 0. The lowest BCUT2D eigenvalue weighted by Gasteiger charge is -2.33. The first kappa shape index (κ1) is 32.4. The van der Waals surface area contributed by atoms with Crippen LogP contribution < -0.4 is 0 Å². The van der Waals surface area contributed by atoms with Gasteiger partial charge in [-0.1, -0.05) is 176 Å². The Bertz CT molecular complexity index is 2740. The molecular weight excluding hydrogens is 667 g/mol. The van der Waals surface area contributed by atoms with Crippen LogP contribution in [0, 0.1) is 0 Å². The molecule has 0 N–H and O–H groups in total. The van der Waals surface area contributed by atoms with Gasteiger partial charge in [0.15, 0.2) is 5.82 Å². The molecule has 3 heteroatoms. The van der Waals surface area contributed by atoms with Gasteiger partial charge < -0.3 is 0 Å². The highest BCUT2D eigenvalue weighted by atomic mass is 14.9. The number of rotatable bonds is 7. The number of benzene rings is 7. The summed E-state index contributed by atoms with van der Waals surface area (Å²) in [6, 6.07) is 73.1. The van der Waals surface area contributed by atoms with Crippen LogP contribution in [0.25, 0.3) is 67.4 Å². The van der Waals surface area contributed by atoms with Gasteiger partial charge in [0.2, 0.25) is 0 Å². The van der Waals surface area contributed by atoms with Crippen LogP contribution in [0.2, 0.25) is 0 Å². The quantitative estimate of drug-likeness (QED) is 0.166. The summed E-state index contributed by atoms with van der Waals surface area (Å²) in [5, 5.41) is 0. The zero-order valence-corrected chi connectivity index (χ0v) is 30.0. The Morgan fingerprint density at radius 1 is 0.309 bits per heavy atom. The van der Waals surface area contributed by atoms with Crippen LogP contribution >= 0.6 is 0 Å². The van der Waals surface area contributed by atoms with Crippen molar-refractivity contribution in [3.63, 3.8) is 0 Å². The van der Waals surface area contributed by atoms with Gasteiger partial charge in [0.25, 0.3) is 0 Å². The van der Waals surface area contributed by atoms with Crippen LogP contribution in [0.15, 0.2) is 212 Å². The summed E-state index contributed by atoms with van der Waals surface area (Å²) < 4.78 is 0. The molecule has 0 saturated heterocycles. The van der Waals surface area contributed by atoms with Gasteiger partial charge in [-0.15, -0.1) is 0 Å². The molecule has 1 aliphatic carbocycles. The van der Waals surface area contributed by atoms with Gasteiger partial charge >= 0.3 is 0 Å². The number of nitrogens with zero attached hydrogens (tertiary/aromatic N) is 3. The predicted molar refractivity (Wildman–Crippen MR) is 224 cm³/mol. The lowest BCUT2D eigenvalue weighted by atomic mass is 9.67. The van der Waals surface area contributed by atoms with E-state index in [1.54, 1.807) is 0 Å². The Balaban J connectivity index is 1.16. The average molecular weight is 702 g/mol. The highest BCUT2D eigenvalue weighted by Crippen LogP contribution is 2.56. The van der Waals surface area contributed by atoms with E-state index >= 15 is 0 Å². The van der Waals surface area contributed by atoms with E-state index in [1.165, 1.54) is 33.4 Å². The van der Waals surface area contributed by atoms with E-state index in [0.717, 1.165) is 50.5 Å². The fraction of sp³-hybridized carbons (Fsp3) is 0.0192. The Kier molecular flexibility index (Phi) is 8.04. The molecule has 0 unspecified atom stereocenters. The van der Waals surface area contributed by atoms with Gasteiger partial charge in [-0.3, -0.25) is 4.98 Å². The average Bonchev–Trinajstić information content (AvgIpc) is 3.58. The van der Waals surface area contributed by atoms with Crippen LogP contribution in [0.3, 0.4) is 0 Å². The second-order valence-corrected chi connectivity index (χ2v) is 14.0. The zero-order valence-electron chi connectivity index (χ0n) is 30.0. The summed E-state index contributed by atoms with van der Waals surface area (Å²) in [6.45, 7) is 0. The lowest BCUT2D eigenvalue weighted by molar-refractivity contribution is 0.768. The molecule has 2 aromatic heterocycles. The molecule has 10 rings (SSSR count). The maximum absolute atomic E-state index is 5.30. The third-order valence-electron chi connectivity index (χ3n) is 10.8.